The first-order valence-electron chi connectivity index (χ1n) is 6.11. The van der Waals surface area contributed by atoms with Gasteiger partial charge in [0.2, 0.25) is 0 Å². The van der Waals surface area contributed by atoms with Gasteiger partial charge in [-0.15, -0.1) is 0 Å². The van der Waals surface area contributed by atoms with E-state index in [2.05, 4.69) is 25.9 Å². The summed E-state index contributed by atoms with van der Waals surface area (Å²) in [5.74, 6) is -2.62. The summed E-state index contributed by atoms with van der Waals surface area (Å²) in [6, 6.07) is 0. The molecule has 0 N–H and O–H groups in total. The summed E-state index contributed by atoms with van der Waals surface area (Å²) in [6.45, 7) is 7.01. The molecule has 0 saturated carbocycles. The van der Waals surface area contributed by atoms with Crippen molar-refractivity contribution in [2.24, 2.45) is 0 Å². The van der Waals surface area contributed by atoms with Crippen LogP contribution in [0.4, 0.5) is 0 Å². The Labute approximate surface area is 126 Å². The highest BCUT2D eigenvalue weighted by Gasteiger charge is 2.36. The molecule has 0 aromatic carbocycles. The average molecular weight is 345 g/mol. The SMILES string of the molecule is CCOC(=O)C(C(=O)OC(C)(C)C)c1ncncc1Br. The van der Waals surface area contributed by atoms with Crippen LogP contribution in [0.15, 0.2) is 17.0 Å². The Bertz CT molecular complexity index is 499. The fourth-order valence-corrected chi connectivity index (χ4v) is 1.89. The van der Waals surface area contributed by atoms with Gasteiger partial charge in [-0.1, -0.05) is 0 Å². The zero-order valence-corrected chi connectivity index (χ0v) is 13.4. The molecule has 20 heavy (non-hydrogen) atoms. The first-order valence-corrected chi connectivity index (χ1v) is 6.90. The van der Waals surface area contributed by atoms with E-state index in [9.17, 15) is 9.59 Å². The number of aromatic nitrogens is 2. The molecule has 1 aromatic heterocycles. The number of rotatable bonds is 4. The van der Waals surface area contributed by atoms with Crippen LogP contribution in [0.25, 0.3) is 0 Å². The van der Waals surface area contributed by atoms with E-state index in [0.717, 1.165) is 0 Å². The van der Waals surface area contributed by atoms with Crippen LogP contribution in [0.3, 0.4) is 0 Å². The number of carbonyl (C=O) groups is 2. The average Bonchev–Trinajstić information content (AvgIpc) is 2.30. The highest BCUT2D eigenvalue weighted by Crippen LogP contribution is 2.26. The molecular weight excluding hydrogens is 328 g/mol. The fraction of sp³-hybridized carbons (Fsp3) is 0.538. The maximum absolute atomic E-state index is 12.2. The van der Waals surface area contributed by atoms with Gasteiger partial charge in [0, 0.05) is 6.20 Å². The van der Waals surface area contributed by atoms with Gasteiger partial charge in [-0.3, -0.25) is 9.59 Å². The largest absolute Gasteiger partial charge is 0.465 e. The maximum atomic E-state index is 12.2. The van der Waals surface area contributed by atoms with Gasteiger partial charge in [-0.05, 0) is 43.6 Å². The molecule has 0 saturated heterocycles. The predicted octanol–water partition coefficient (Wildman–Crippen LogP) is 2.23. The fourth-order valence-electron chi connectivity index (χ4n) is 1.44. The number of nitrogens with zero attached hydrogens (tertiary/aromatic N) is 2. The molecule has 0 amide bonds. The Hall–Kier alpha value is -1.50. The topological polar surface area (TPSA) is 78.4 Å². The van der Waals surface area contributed by atoms with Gasteiger partial charge in [0.15, 0.2) is 5.92 Å². The zero-order chi connectivity index (χ0) is 15.3. The monoisotopic (exact) mass is 344 g/mol. The lowest BCUT2D eigenvalue weighted by atomic mass is 10.1. The normalized spacial score (nSPS) is 12.7. The Morgan fingerprint density at radius 2 is 2.00 bits per heavy atom. The Kier molecular flexibility index (Phi) is 5.62. The zero-order valence-electron chi connectivity index (χ0n) is 11.8. The molecule has 1 unspecified atom stereocenters. The van der Waals surface area contributed by atoms with E-state index in [4.69, 9.17) is 9.47 Å². The number of carbonyl (C=O) groups excluding carboxylic acids is 2. The van der Waals surface area contributed by atoms with Crippen molar-refractivity contribution in [2.45, 2.75) is 39.2 Å². The highest BCUT2D eigenvalue weighted by atomic mass is 79.9. The van der Waals surface area contributed by atoms with Crippen LogP contribution in [0.2, 0.25) is 0 Å². The van der Waals surface area contributed by atoms with Gasteiger partial charge in [0.1, 0.15) is 11.9 Å². The van der Waals surface area contributed by atoms with Gasteiger partial charge in [-0.2, -0.15) is 0 Å². The molecule has 1 heterocycles. The van der Waals surface area contributed by atoms with Crippen LogP contribution in [-0.2, 0) is 19.1 Å². The number of hydrogen-bond acceptors (Lipinski definition) is 6. The second-order valence-corrected chi connectivity index (χ2v) is 5.83. The maximum Gasteiger partial charge on any atom is 0.327 e. The summed E-state index contributed by atoms with van der Waals surface area (Å²) in [4.78, 5) is 32.0. The lowest BCUT2D eigenvalue weighted by Crippen LogP contribution is -2.33. The van der Waals surface area contributed by atoms with E-state index >= 15 is 0 Å². The molecule has 1 aromatic rings. The molecule has 0 fully saturated rings. The second-order valence-electron chi connectivity index (χ2n) is 4.97. The summed E-state index contributed by atoms with van der Waals surface area (Å²) in [5.41, 5.74) is -0.478. The Balaban J connectivity index is 3.13. The van der Waals surface area contributed by atoms with Crippen molar-refractivity contribution < 1.29 is 19.1 Å². The molecule has 0 radical (unpaired) electrons. The molecule has 1 rings (SSSR count). The van der Waals surface area contributed by atoms with Gasteiger partial charge < -0.3 is 9.47 Å². The van der Waals surface area contributed by atoms with Crippen molar-refractivity contribution in [3.05, 3.63) is 22.7 Å². The van der Waals surface area contributed by atoms with Crippen molar-refractivity contribution in [3.8, 4) is 0 Å². The minimum absolute atomic E-state index is 0.167. The van der Waals surface area contributed by atoms with E-state index in [-0.39, 0.29) is 12.3 Å². The third kappa shape index (κ3) is 4.56. The van der Waals surface area contributed by atoms with Crippen LogP contribution in [-0.4, -0.2) is 34.1 Å². The molecule has 0 spiro atoms. The van der Waals surface area contributed by atoms with Gasteiger partial charge >= 0.3 is 11.9 Å². The Morgan fingerprint density at radius 1 is 1.35 bits per heavy atom. The molecule has 0 aliphatic heterocycles. The number of esters is 2. The van der Waals surface area contributed by atoms with Crippen LogP contribution in [0.5, 0.6) is 0 Å². The first kappa shape index (κ1) is 16.6. The quantitative estimate of drug-likeness (QED) is 0.615. The van der Waals surface area contributed by atoms with Crippen molar-refractivity contribution in [3.63, 3.8) is 0 Å². The third-order valence-corrected chi connectivity index (χ3v) is 2.75. The van der Waals surface area contributed by atoms with E-state index in [0.29, 0.717) is 4.47 Å². The number of halogens is 1. The Morgan fingerprint density at radius 3 is 2.50 bits per heavy atom. The molecule has 1 atom stereocenters. The first-order chi connectivity index (χ1) is 9.26. The van der Waals surface area contributed by atoms with Gasteiger partial charge in [0.25, 0.3) is 0 Å². The molecular formula is C13H17BrN2O4. The van der Waals surface area contributed by atoms with Gasteiger partial charge in [-0.25, -0.2) is 9.97 Å². The highest BCUT2D eigenvalue weighted by molar-refractivity contribution is 9.10. The summed E-state index contributed by atoms with van der Waals surface area (Å²) in [7, 11) is 0. The lowest BCUT2D eigenvalue weighted by molar-refractivity contribution is -0.164. The van der Waals surface area contributed by atoms with E-state index < -0.39 is 23.5 Å². The molecule has 0 aliphatic carbocycles. The number of hydrogen-bond donors (Lipinski definition) is 0. The summed E-state index contributed by atoms with van der Waals surface area (Å²) in [6.07, 6.45) is 2.72. The van der Waals surface area contributed by atoms with Crippen molar-refractivity contribution in [2.75, 3.05) is 6.61 Å². The third-order valence-electron chi connectivity index (χ3n) is 2.13. The van der Waals surface area contributed by atoms with Crippen molar-refractivity contribution in [1.82, 2.24) is 9.97 Å². The second kappa shape index (κ2) is 6.78. The summed E-state index contributed by atoms with van der Waals surface area (Å²) in [5, 5.41) is 0. The van der Waals surface area contributed by atoms with Crippen molar-refractivity contribution >= 4 is 27.9 Å². The number of ether oxygens (including phenoxy) is 2. The molecule has 0 bridgehead atoms. The minimum atomic E-state index is -1.23. The summed E-state index contributed by atoms with van der Waals surface area (Å²) < 4.78 is 10.6. The van der Waals surface area contributed by atoms with E-state index in [1.165, 1.54) is 12.5 Å². The summed E-state index contributed by atoms with van der Waals surface area (Å²) >= 11 is 3.22. The van der Waals surface area contributed by atoms with Crippen LogP contribution >= 0.6 is 15.9 Å². The van der Waals surface area contributed by atoms with Crippen LogP contribution in [0, 0.1) is 0 Å². The van der Waals surface area contributed by atoms with Crippen LogP contribution < -0.4 is 0 Å². The lowest BCUT2D eigenvalue weighted by Gasteiger charge is -2.23. The van der Waals surface area contributed by atoms with Gasteiger partial charge in [0.05, 0.1) is 16.8 Å². The molecule has 0 aliphatic rings. The van der Waals surface area contributed by atoms with Crippen LogP contribution in [0.1, 0.15) is 39.3 Å². The smallest absolute Gasteiger partial charge is 0.327 e. The van der Waals surface area contributed by atoms with E-state index in [1.807, 2.05) is 0 Å². The van der Waals surface area contributed by atoms with E-state index in [1.54, 1.807) is 27.7 Å². The molecule has 6 nitrogen and oxygen atoms in total. The van der Waals surface area contributed by atoms with Crippen molar-refractivity contribution in [1.29, 1.82) is 0 Å². The predicted molar refractivity (Wildman–Crippen MR) is 75.0 cm³/mol. The minimum Gasteiger partial charge on any atom is -0.465 e. The standard InChI is InChI=1S/C13H17BrN2O4/c1-5-19-11(17)9(12(18)20-13(2,3)4)10-8(14)6-15-7-16-10/h6-7,9H,5H2,1-4H3. The molecule has 7 heteroatoms. The molecule has 110 valence electrons.